The van der Waals surface area contributed by atoms with Crippen LogP contribution in [0.4, 0.5) is 11.6 Å². The highest BCUT2D eigenvalue weighted by Crippen LogP contribution is 2.17. The minimum Gasteiger partial charge on any atom is -0.497 e. The molecule has 1 saturated heterocycles. The van der Waals surface area contributed by atoms with E-state index in [1.807, 2.05) is 13.0 Å². The number of anilines is 2. The van der Waals surface area contributed by atoms with Crippen molar-refractivity contribution in [3.8, 4) is 5.75 Å². The predicted molar refractivity (Wildman–Crippen MR) is 106 cm³/mol. The quantitative estimate of drug-likeness (QED) is 0.625. The van der Waals surface area contributed by atoms with Gasteiger partial charge in [-0.1, -0.05) is 0 Å². The summed E-state index contributed by atoms with van der Waals surface area (Å²) in [6.07, 6.45) is 0. The summed E-state index contributed by atoms with van der Waals surface area (Å²) in [5, 5.41) is 3.15. The standard InChI is InChI=1S/C18H25N5O4S/c1-14-21-17(13-18(22-14)23-9-11-27-12-10-23)19-7-8-20-28(24,25)16-5-3-15(26-2)4-6-16/h3-6,13,20H,7-12H2,1-2H3,(H,19,21,22). The number of sulfonamides is 1. The van der Waals surface area contributed by atoms with E-state index in [9.17, 15) is 8.42 Å². The Labute approximate surface area is 165 Å². The van der Waals surface area contributed by atoms with Gasteiger partial charge in [-0.2, -0.15) is 0 Å². The van der Waals surface area contributed by atoms with Gasteiger partial charge in [-0.15, -0.1) is 0 Å². The van der Waals surface area contributed by atoms with Crippen LogP contribution in [0, 0.1) is 6.92 Å². The number of hydrogen-bond donors (Lipinski definition) is 2. The van der Waals surface area contributed by atoms with E-state index in [1.54, 1.807) is 12.1 Å². The number of aromatic nitrogens is 2. The van der Waals surface area contributed by atoms with Crippen molar-refractivity contribution in [2.45, 2.75) is 11.8 Å². The predicted octanol–water partition coefficient (Wildman–Crippen LogP) is 1.02. The molecule has 0 unspecified atom stereocenters. The molecule has 1 aromatic heterocycles. The number of benzene rings is 1. The van der Waals surface area contributed by atoms with Crippen molar-refractivity contribution in [3.05, 3.63) is 36.2 Å². The Morgan fingerprint density at radius 2 is 1.86 bits per heavy atom. The summed E-state index contributed by atoms with van der Waals surface area (Å²) >= 11 is 0. The lowest BCUT2D eigenvalue weighted by Gasteiger charge is -2.28. The maximum Gasteiger partial charge on any atom is 0.240 e. The van der Waals surface area contributed by atoms with Crippen LogP contribution in [0.3, 0.4) is 0 Å². The maximum atomic E-state index is 12.3. The molecule has 0 amide bonds. The van der Waals surface area contributed by atoms with Crippen molar-refractivity contribution in [2.24, 2.45) is 0 Å². The molecule has 1 fully saturated rings. The van der Waals surface area contributed by atoms with Crippen molar-refractivity contribution in [1.82, 2.24) is 14.7 Å². The highest BCUT2D eigenvalue weighted by molar-refractivity contribution is 7.89. The molecule has 152 valence electrons. The van der Waals surface area contributed by atoms with E-state index in [4.69, 9.17) is 9.47 Å². The molecule has 10 heteroatoms. The molecule has 0 atom stereocenters. The Morgan fingerprint density at radius 1 is 1.14 bits per heavy atom. The van der Waals surface area contributed by atoms with Crippen LogP contribution in [-0.2, 0) is 14.8 Å². The Balaban J connectivity index is 1.55. The van der Waals surface area contributed by atoms with Crippen LogP contribution in [0.1, 0.15) is 5.82 Å². The van der Waals surface area contributed by atoms with Gasteiger partial charge in [-0.3, -0.25) is 0 Å². The molecular weight excluding hydrogens is 382 g/mol. The fourth-order valence-corrected chi connectivity index (χ4v) is 3.84. The van der Waals surface area contributed by atoms with Gasteiger partial charge in [-0.05, 0) is 31.2 Å². The van der Waals surface area contributed by atoms with E-state index in [2.05, 4.69) is 24.9 Å². The number of rotatable bonds is 8. The average molecular weight is 407 g/mol. The highest BCUT2D eigenvalue weighted by atomic mass is 32.2. The zero-order valence-corrected chi connectivity index (χ0v) is 16.8. The molecule has 1 aliphatic rings. The largest absolute Gasteiger partial charge is 0.497 e. The third-order valence-corrected chi connectivity index (χ3v) is 5.73. The second-order valence-electron chi connectivity index (χ2n) is 6.26. The molecule has 3 rings (SSSR count). The first-order valence-electron chi connectivity index (χ1n) is 9.04. The molecular formula is C18H25N5O4S. The summed E-state index contributed by atoms with van der Waals surface area (Å²) in [4.78, 5) is 11.2. The van der Waals surface area contributed by atoms with Crippen LogP contribution in [0.5, 0.6) is 5.75 Å². The number of nitrogens with one attached hydrogen (secondary N) is 2. The summed E-state index contributed by atoms with van der Waals surface area (Å²) < 4.78 is 37.7. The van der Waals surface area contributed by atoms with Gasteiger partial charge in [0.1, 0.15) is 23.2 Å². The fourth-order valence-electron chi connectivity index (χ4n) is 2.81. The number of ether oxygens (including phenoxy) is 2. The van der Waals surface area contributed by atoms with Crippen molar-refractivity contribution in [1.29, 1.82) is 0 Å². The van der Waals surface area contributed by atoms with Gasteiger partial charge in [0.15, 0.2) is 0 Å². The second-order valence-corrected chi connectivity index (χ2v) is 8.03. The van der Waals surface area contributed by atoms with E-state index in [1.165, 1.54) is 19.2 Å². The van der Waals surface area contributed by atoms with E-state index in [0.29, 0.717) is 37.2 Å². The summed E-state index contributed by atoms with van der Waals surface area (Å²) in [6, 6.07) is 8.12. The van der Waals surface area contributed by atoms with E-state index in [0.717, 1.165) is 18.9 Å². The van der Waals surface area contributed by atoms with Crippen molar-refractivity contribution in [3.63, 3.8) is 0 Å². The van der Waals surface area contributed by atoms with Gasteiger partial charge in [-0.25, -0.2) is 23.1 Å². The Hall–Kier alpha value is -2.43. The minimum absolute atomic E-state index is 0.195. The summed E-state index contributed by atoms with van der Waals surface area (Å²) in [5.41, 5.74) is 0. The number of aryl methyl sites for hydroxylation is 1. The SMILES string of the molecule is COc1ccc(S(=O)(=O)NCCNc2cc(N3CCOCC3)nc(C)n2)cc1. The van der Waals surface area contributed by atoms with E-state index >= 15 is 0 Å². The summed E-state index contributed by atoms with van der Waals surface area (Å²) in [7, 11) is -2.04. The lowest BCUT2D eigenvalue weighted by atomic mass is 10.3. The van der Waals surface area contributed by atoms with Gasteiger partial charge in [0.25, 0.3) is 0 Å². The van der Waals surface area contributed by atoms with E-state index in [-0.39, 0.29) is 11.4 Å². The molecule has 9 nitrogen and oxygen atoms in total. The molecule has 1 aliphatic heterocycles. The third-order valence-electron chi connectivity index (χ3n) is 4.25. The molecule has 0 bridgehead atoms. The van der Waals surface area contributed by atoms with Crippen LogP contribution < -0.4 is 19.7 Å². The van der Waals surface area contributed by atoms with Crippen LogP contribution in [-0.4, -0.2) is 64.9 Å². The number of hydrogen-bond acceptors (Lipinski definition) is 8. The Kier molecular flexibility index (Phi) is 6.65. The lowest BCUT2D eigenvalue weighted by molar-refractivity contribution is 0.122. The normalized spacial score (nSPS) is 14.7. The monoisotopic (exact) mass is 407 g/mol. The first-order chi connectivity index (χ1) is 13.5. The van der Waals surface area contributed by atoms with Gasteiger partial charge in [0, 0.05) is 32.2 Å². The van der Waals surface area contributed by atoms with Gasteiger partial charge >= 0.3 is 0 Å². The molecule has 2 aromatic rings. The topological polar surface area (TPSA) is 106 Å². The van der Waals surface area contributed by atoms with Crippen LogP contribution in [0.15, 0.2) is 35.2 Å². The molecule has 0 radical (unpaired) electrons. The molecule has 2 heterocycles. The molecule has 2 N–H and O–H groups in total. The maximum absolute atomic E-state index is 12.3. The summed E-state index contributed by atoms with van der Waals surface area (Å²) in [5.74, 6) is 2.77. The van der Waals surface area contributed by atoms with Crippen molar-refractivity contribution < 1.29 is 17.9 Å². The summed E-state index contributed by atoms with van der Waals surface area (Å²) in [6.45, 7) is 5.40. The molecule has 0 spiro atoms. The number of nitrogens with zero attached hydrogens (tertiary/aromatic N) is 3. The highest BCUT2D eigenvalue weighted by Gasteiger charge is 2.15. The molecule has 0 aliphatic carbocycles. The fraction of sp³-hybridized carbons (Fsp3) is 0.444. The van der Waals surface area contributed by atoms with Gasteiger partial charge < -0.3 is 19.7 Å². The van der Waals surface area contributed by atoms with Gasteiger partial charge in [0.2, 0.25) is 10.0 Å². The second kappa shape index (κ2) is 9.18. The van der Waals surface area contributed by atoms with Crippen molar-refractivity contribution >= 4 is 21.7 Å². The average Bonchev–Trinajstić information content (AvgIpc) is 2.71. The third kappa shape index (κ3) is 5.31. The smallest absolute Gasteiger partial charge is 0.240 e. The van der Waals surface area contributed by atoms with Crippen LogP contribution in [0.2, 0.25) is 0 Å². The lowest BCUT2D eigenvalue weighted by Crippen LogP contribution is -2.37. The molecule has 0 saturated carbocycles. The molecule has 28 heavy (non-hydrogen) atoms. The van der Waals surface area contributed by atoms with E-state index < -0.39 is 10.0 Å². The van der Waals surface area contributed by atoms with Gasteiger partial charge in [0.05, 0.1) is 25.2 Å². The minimum atomic E-state index is -3.57. The van der Waals surface area contributed by atoms with Crippen LogP contribution >= 0.6 is 0 Å². The first-order valence-corrected chi connectivity index (χ1v) is 10.5. The van der Waals surface area contributed by atoms with Crippen molar-refractivity contribution in [2.75, 3.05) is 56.7 Å². The number of methoxy groups -OCH3 is 1. The molecule has 1 aromatic carbocycles. The van der Waals surface area contributed by atoms with Crippen LogP contribution in [0.25, 0.3) is 0 Å². The zero-order valence-electron chi connectivity index (χ0n) is 16.0. The zero-order chi connectivity index (χ0) is 20.0. The first kappa shape index (κ1) is 20.3. The Bertz CT molecular complexity index is 883. The Morgan fingerprint density at radius 3 is 2.54 bits per heavy atom. The number of morpholine rings is 1.